The molecule has 1 unspecified atom stereocenters. The summed E-state index contributed by atoms with van der Waals surface area (Å²) in [6.45, 7) is 0. The van der Waals surface area contributed by atoms with Gasteiger partial charge in [0, 0.05) is 9.99 Å². The van der Waals surface area contributed by atoms with Crippen LogP contribution in [0.25, 0.3) is 0 Å². The third-order valence-corrected chi connectivity index (χ3v) is 4.35. The molecule has 1 atom stereocenters. The lowest BCUT2D eigenvalue weighted by Crippen LogP contribution is -2.18. The molecule has 0 radical (unpaired) electrons. The van der Waals surface area contributed by atoms with Crippen molar-refractivity contribution in [2.75, 3.05) is 4.43 Å². The molecule has 1 aliphatic rings. The molecule has 0 amide bonds. The number of halogens is 2. The summed E-state index contributed by atoms with van der Waals surface area (Å²) in [6.07, 6.45) is 7.58. The van der Waals surface area contributed by atoms with Gasteiger partial charge in [-0.15, -0.1) is 0 Å². The number of hydrogen-bond acceptors (Lipinski definition) is 1. The Morgan fingerprint density at radius 1 is 1.17 bits per heavy atom. The van der Waals surface area contributed by atoms with Crippen LogP contribution in [0, 0.1) is 5.82 Å². The molecule has 0 aliphatic heterocycles. The van der Waals surface area contributed by atoms with Crippen molar-refractivity contribution >= 4 is 22.6 Å². The largest absolute Gasteiger partial charge is 0.369 e. The van der Waals surface area contributed by atoms with Crippen LogP contribution in [0.3, 0.4) is 0 Å². The summed E-state index contributed by atoms with van der Waals surface area (Å²) in [6, 6.07) is 6.98. The van der Waals surface area contributed by atoms with Gasteiger partial charge in [0.15, 0.2) is 0 Å². The summed E-state index contributed by atoms with van der Waals surface area (Å²) in [4.78, 5) is 0. The Kier molecular flexibility index (Phi) is 5.89. The van der Waals surface area contributed by atoms with Gasteiger partial charge in [0.2, 0.25) is 0 Å². The zero-order valence-corrected chi connectivity index (χ0v) is 12.7. The quantitative estimate of drug-likeness (QED) is 0.414. The minimum absolute atomic E-state index is 0.102. The maximum absolute atomic E-state index is 13.8. The summed E-state index contributed by atoms with van der Waals surface area (Å²) in [7, 11) is 0. The van der Waals surface area contributed by atoms with E-state index in [4.69, 9.17) is 4.74 Å². The van der Waals surface area contributed by atoms with Gasteiger partial charge in [-0.05, 0) is 18.9 Å². The number of rotatable bonds is 4. The molecule has 1 aromatic rings. The lowest BCUT2D eigenvalue weighted by molar-refractivity contribution is -0.00861. The third-order valence-electron chi connectivity index (χ3n) is 3.55. The molecule has 0 bridgehead atoms. The zero-order chi connectivity index (χ0) is 12.8. The van der Waals surface area contributed by atoms with Crippen LogP contribution < -0.4 is 0 Å². The molecule has 1 aromatic carbocycles. The average molecular weight is 362 g/mol. The van der Waals surface area contributed by atoms with Gasteiger partial charge in [0.05, 0.1) is 12.2 Å². The van der Waals surface area contributed by atoms with Gasteiger partial charge in [-0.1, -0.05) is 66.5 Å². The summed E-state index contributed by atoms with van der Waals surface area (Å²) in [5.41, 5.74) is 0.705. The van der Waals surface area contributed by atoms with Gasteiger partial charge in [-0.3, -0.25) is 0 Å². The number of hydrogen-bond donors (Lipinski definition) is 0. The number of ether oxygens (including phenoxy) is 1. The predicted molar refractivity (Wildman–Crippen MR) is 80.6 cm³/mol. The first-order chi connectivity index (χ1) is 8.81. The molecule has 1 fully saturated rings. The maximum atomic E-state index is 13.8. The molecule has 0 spiro atoms. The highest BCUT2D eigenvalue weighted by atomic mass is 127. The number of benzene rings is 1. The van der Waals surface area contributed by atoms with Gasteiger partial charge in [-0.25, -0.2) is 4.39 Å². The standard InChI is InChI=1S/C15H20FIO/c16-14-10-6-5-9-13(14)15(11-17)18-12-7-3-1-2-4-8-12/h5-6,9-10,12,15H,1-4,7-8,11H2. The van der Waals surface area contributed by atoms with Gasteiger partial charge >= 0.3 is 0 Å². The molecular weight excluding hydrogens is 342 g/mol. The Balaban J connectivity index is 2.02. The van der Waals surface area contributed by atoms with E-state index in [1.807, 2.05) is 12.1 Å². The van der Waals surface area contributed by atoms with Gasteiger partial charge in [0.1, 0.15) is 5.82 Å². The van der Waals surface area contributed by atoms with Crippen molar-refractivity contribution in [2.24, 2.45) is 0 Å². The van der Waals surface area contributed by atoms with Crippen LogP contribution in [-0.2, 0) is 4.74 Å². The normalized spacial score (nSPS) is 19.4. The van der Waals surface area contributed by atoms with Crippen molar-refractivity contribution in [1.29, 1.82) is 0 Å². The van der Waals surface area contributed by atoms with Crippen LogP contribution in [0.15, 0.2) is 24.3 Å². The highest BCUT2D eigenvalue weighted by molar-refractivity contribution is 14.1. The lowest BCUT2D eigenvalue weighted by Gasteiger charge is -2.23. The van der Waals surface area contributed by atoms with E-state index in [-0.39, 0.29) is 11.9 Å². The molecule has 0 aromatic heterocycles. The molecule has 0 heterocycles. The highest BCUT2D eigenvalue weighted by Gasteiger charge is 2.21. The third kappa shape index (κ3) is 3.92. The van der Waals surface area contributed by atoms with Crippen molar-refractivity contribution in [3.63, 3.8) is 0 Å². The van der Waals surface area contributed by atoms with Crippen molar-refractivity contribution in [1.82, 2.24) is 0 Å². The molecule has 2 rings (SSSR count). The molecular formula is C15H20FIO. The summed E-state index contributed by atoms with van der Waals surface area (Å²) >= 11 is 2.28. The van der Waals surface area contributed by atoms with Crippen LogP contribution in [-0.4, -0.2) is 10.5 Å². The van der Waals surface area contributed by atoms with Gasteiger partial charge < -0.3 is 4.74 Å². The van der Waals surface area contributed by atoms with E-state index in [0.29, 0.717) is 11.7 Å². The fraction of sp³-hybridized carbons (Fsp3) is 0.600. The van der Waals surface area contributed by atoms with Crippen LogP contribution in [0.5, 0.6) is 0 Å². The first kappa shape index (κ1) is 14.3. The average Bonchev–Trinajstić information content (AvgIpc) is 2.65. The van der Waals surface area contributed by atoms with Crippen molar-refractivity contribution < 1.29 is 9.13 Å². The molecule has 100 valence electrons. The Labute approximate surface area is 122 Å². The second kappa shape index (κ2) is 7.43. The summed E-state index contributed by atoms with van der Waals surface area (Å²) in [5.74, 6) is -0.146. The monoisotopic (exact) mass is 362 g/mol. The molecule has 0 saturated heterocycles. The molecule has 0 N–H and O–H groups in total. The van der Waals surface area contributed by atoms with E-state index < -0.39 is 0 Å². The van der Waals surface area contributed by atoms with E-state index in [1.54, 1.807) is 6.07 Å². The maximum Gasteiger partial charge on any atom is 0.129 e. The zero-order valence-electron chi connectivity index (χ0n) is 10.6. The predicted octanol–water partition coefficient (Wildman–Crippen LogP) is 5.04. The molecule has 18 heavy (non-hydrogen) atoms. The second-order valence-corrected chi connectivity index (χ2v) is 5.79. The van der Waals surface area contributed by atoms with Crippen LogP contribution in [0.2, 0.25) is 0 Å². The van der Waals surface area contributed by atoms with E-state index in [2.05, 4.69) is 22.6 Å². The van der Waals surface area contributed by atoms with Crippen molar-refractivity contribution in [2.45, 2.75) is 50.7 Å². The topological polar surface area (TPSA) is 9.23 Å². The Morgan fingerprint density at radius 3 is 2.44 bits per heavy atom. The van der Waals surface area contributed by atoms with Crippen LogP contribution in [0.1, 0.15) is 50.2 Å². The molecule has 3 heteroatoms. The Hall–Kier alpha value is -0.160. The van der Waals surface area contributed by atoms with E-state index >= 15 is 0 Å². The fourth-order valence-electron chi connectivity index (χ4n) is 2.54. The van der Waals surface area contributed by atoms with Crippen molar-refractivity contribution in [3.05, 3.63) is 35.6 Å². The highest BCUT2D eigenvalue weighted by Crippen LogP contribution is 2.29. The van der Waals surface area contributed by atoms with Crippen LogP contribution >= 0.6 is 22.6 Å². The molecule has 1 nitrogen and oxygen atoms in total. The minimum atomic E-state index is -0.146. The van der Waals surface area contributed by atoms with E-state index in [0.717, 1.165) is 17.3 Å². The summed E-state index contributed by atoms with van der Waals surface area (Å²) < 4.78 is 20.7. The van der Waals surface area contributed by atoms with Gasteiger partial charge in [-0.2, -0.15) is 0 Å². The SMILES string of the molecule is Fc1ccccc1C(CI)OC1CCCCCC1. The smallest absolute Gasteiger partial charge is 0.129 e. The fourth-order valence-corrected chi connectivity index (χ4v) is 3.22. The van der Waals surface area contributed by atoms with Gasteiger partial charge in [0.25, 0.3) is 0 Å². The lowest BCUT2D eigenvalue weighted by atomic mass is 10.1. The Bertz CT molecular complexity index is 361. The van der Waals surface area contributed by atoms with E-state index in [1.165, 1.54) is 31.7 Å². The van der Waals surface area contributed by atoms with Crippen LogP contribution in [0.4, 0.5) is 4.39 Å². The Morgan fingerprint density at radius 2 is 1.83 bits per heavy atom. The summed E-state index contributed by atoms with van der Waals surface area (Å²) in [5, 5.41) is 0. The first-order valence-electron chi connectivity index (χ1n) is 6.77. The van der Waals surface area contributed by atoms with Crippen molar-refractivity contribution in [3.8, 4) is 0 Å². The second-order valence-electron chi connectivity index (χ2n) is 4.91. The molecule has 1 saturated carbocycles. The minimum Gasteiger partial charge on any atom is -0.369 e. The van der Waals surface area contributed by atoms with E-state index in [9.17, 15) is 4.39 Å². The molecule has 1 aliphatic carbocycles. The number of alkyl halides is 1. The first-order valence-corrected chi connectivity index (χ1v) is 8.29.